The van der Waals surface area contributed by atoms with Crippen molar-refractivity contribution in [3.63, 3.8) is 0 Å². The average Bonchev–Trinajstić information content (AvgIpc) is 3.54. The van der Waals surface area contributed by atoms with Crippen LogP contribution in [0, 0.1) is 5.92 Å². The molecule has 0 aromatic heterocycles. The van der Waals surface area contributed by atoms with Crippen molar-refractivity contribution in [2.45, 2.75) is 56.8 Å². The largest absolute Gasteiger partial charge is 0.519 e. The first-order chi connectivity index (χ1) is 16.4. The molecule has 2 aromatic carbocycles. The Morgan fingerprint density at radius 2 is 1.65 bits per heavy atom. The maximum absolute atomic E-state index is 13.1. The lowest BCUT2D eigenvalue weighted by atomic mass is 9.79. The number of ether oxygens (including phenoxy) is 1. The van der Waals surface area contributed by atoms with Gasteiger partial charge in [-0.2, -0.15) is 9.28 Å². The topological polar surface area (TPSA) is 104 Å². The zero-order valence-corrected chi connectivity index (χ0v) is 18.9. The maximum Gasteiger partial charge on any atom is 0.519 e. The van der Waals surface area contributed by atoms with Crippen LogP contribution in [-0.2, 0) is 16.1 Å². The van der Waals surface area contributed by atoms with E-state index in [1.807, 2.05) is 54.6 Å². The first kappa shape index (κ1) is 22.4. The summed E-state index contributed by atoms with van der Waals surface area (Å²) in [5.41, 5.74) is 2.47. The summed E-state index contributed by atoms with van der Waals surface area (Å²) in [6.45, 7) is -0.360. The molecule has 4 atom stereocenters. The van der Waals surface area contributed by atoms with Gasteiger partial charge in [-0.05, 0) is 25.7 Å². The smallest absolute Gasteiger partial charge is 0.479 e. The third kappa shape index (κ3) is 3.72. The number of benzene rings is 2. The van der Waals surface area contributed by atoms with E-state index in [4.69, 9.17) is 9.84 Å². The highest BCUT2D eigenvalue weighted by Gasteiger charge is 2.61. The lowest BCUT2D eigenvalue weighted by Crippen LogP contribution is -2.65. The minimum Gasteiger partial charge on any atom is -0.479 e. The summed E-state index contributed by atoms with van der Waals surface area (Å²) in [5, 5.41) is 19.8. The van der Waals surface area contributed by atoms with Crippen molar-refractivity contribution < 1.29 is 29.3 Å². The molecular formula is C26H29N2O6+. The number of carbonyl (C=O) groups is 3. The zero-order valence-electron chi connectivity index (χ0n) is 18.9. The van der Waals surface area contributed by atoms with Crippen molar-refractivity contribution in [1.29, 1.82) is 0 Å². The fourth-order valence-corrected chi connectivity index (χ4v) is 6.18. The number of para-hydroxylation sites is 1. The lowest BCUT2D eigenvalue weighted by molar-refractivity contribution is -0.140. The van der Waals surface area contributed by atoms with Gasteiger partial charge in [-0.25, -0.2) is 9.59 Å². The quantitative estimate of drug-likeness (QED) is 0.595. The highest BCUT2D eigenvalue weighted by Crippen LogP contribution is 2.56. The van der Waals surface area contributed by atoms with Crippen LogP contribution in [0.3, 0.4) is 0 Å². The fraction of sp³-hybridized carbons (Fsp3) is 0.423. The van der Waals surface area contributed by atoms with Crippen molar-refractivity contribution >= 4 is 23.8 Å². The molecule has 1 heterocycles. The molecule has 8 nitrogen and oxygen atoms in total. The molecule has 2 N–H and O–H groups in total. The summed E-state index contributed by atoms with van der Waals surface area (Å²) in [6, 6.07) is 16.7. The summed E-state index contributed by atoms with van der Waals surface area (Å²) in [5.74, 6) is -1.26. The molecule has 0 radical (unpaired) electrons. The van der Waals surface area contributed by atoms with Gasteiger partial charge in [0.2, 0.25) is 0 Å². The SMILES string of the molecule is O=C(O)COC(=O)N(C1CC1)[C@H]1c2ccccc2[N+](Cc2ccccc2)(C(=O)O)[C@@H]2CCC[C@@H]21. The van der Waals surface area contributed by atoms with Crippen molar-refractivity contribution in [1.82, 2.24) is 9.38 Å². The van der Waals surface area contributed by atoms with E-state index >= 15 is 0 Å². The third-order valence-corrected chi connectivity index (χ3v) is 7.57. The van der Waals surface area contributed by atoms with Crippen LogP contribution in [0.4, 0.5) is 15.3 Å². The van der Waals surface area contributed by atoms with Crippen LogP contribution in [0.15, 0.2) is 54.6 Å². The van der Waals surface area contributed by atoms with E-state index < -0.39 is 24.8 Å². The molecule has 2 fully saturated rings. The molecule has 178 valence electrons. The zero-order chi connectivity index (χ0) is 23.9. The summed E-state index contributed by atoms with van der Waals surface area (Å²) in [7, 11) is 0. The monoisotopic (exact) mass is 465 g/mol. The Balaban J connectivity index is 1.63. The van der Waals surface area contributed by atoms with E-state index in [2.05, 4.69) is 0 Å². The van der Waals surface area contributed by atoms with Gasteiger partial charge in [0.05, 0.1) is 6.04 Å². The molecule has 1 unspecified atom stereocenters. The minimum atomic E-state index is -1.20. The van der Waals surface area contributed by atoms with Gasteiger partial charge in [0.1, 0.15) is 18.3 Å². The van der Waals surface area contributed by atoms with Gasteiger partial charge in [-0.3, -0.25) is 4.90 Å². The Morgan fingerprint density at radius 1 is 0.941 bits per heavy atom. The lowest BCUT2D eigenvalue weighted by Gasteiger charge is -2.50. The van der Waals surface area contributed by atoms with E-state index in [-0.39, 0.29) is 28.5 Å². The number of hydrogen-bond acceptors (Lipinski definition) is 4. The van der Waals surface area contributed by atoms with Crippen LogP contribution in [0.5, 0.6) is 0 Å². The number of fused-ring (bicyclic) bond motifs is 2. The van der Waals surface area contributed by atoms with Gasteiger partial charge >= 0.3 is 18.2 Å². The second kappa shape index (κ2) is 8.76. The fourth-order valence-electron chi connectivity index (χ4n) is 6.18. The molecule has 1 aliphatic heterocycles. The third-order valence-electron chi connectivity index (χ3n) is 7.57. The Morgan fingerprint density at radius 3 is 2.32 bits per heavy atom. The number of nitrogens with zero attached hydrogens (tertiary/aromatic N) is 2. The van der Waals surface area contributed by atoms with Crippen LogP contribution in [0.25, 0.3) is 0 Å². The second-order valence-electron chi connectivity index (χ2n) is 9.55. The van der Waals surface area contributed by atoms with E-state index in [1.165, 1.54) is 0 Å². The molecule has 2 saturated carbocycles. The molecule has 5 rings (SSSR count). The number of rotatable bonds is 6. The molecule has 2 amide bonds. The van der Waals surface area contributed by atoms with Gasteiger partial charge in [0, 0.05) is 35.6 Å². The van der Waals surface area contributed by atoms with Gasteiger partial charge in [0.25, 0.3) is 0 Å². The van der Waals surface area contributed by atoms with E-state index in [1.54, 1.807) is 4.90 Å². The number of hydrogen-bond donors (Lipinski definition) is 2. The maximum atomic E-state index is 13.1. The molecule has 8 heteroatoms. The number of carboxylic acids is 1. The Hall–Kier alpha value is -3.39. The van der Waals surface area contributed by atoms with Crippen molar-refractivity contribution in [3.05, 3.63) is 65.7 Å². The predicted molar refractivity (Wildman–Crippen MR) is 124 cm³/mol. The van der Waals surface area contributed by atoms with Crippen molar-refractivity contribution in [2.24, 2.45) is 5.92 Å². The molecule has 2 aliphatic carbocycles. The predicted octanol–water partition coefficient (Wildman–Crippen LogP) is 4.78. The van der Waals surface area contributed by atoms with Gasteiger partial charge in [-0.1, -0.05) is 48.5 Å². The second-order valence-corrected chi connectivity index (χ2v) is 9.55. The number of carboxylic acid groups (broad SMARTS) is 2. The first-order valence-corrected chi connectivity index (χ1v) is 11.8. The normalized spacial score (nSPS) is 27.4. The number of aliphatic carboxylic acids is 1. The Kier molecular flexibility index (Phi) is 5.77. The van der Waals surface area contributed by atoms with Crippen molar-refractivity contribution in [2.75, 3.05) is 6.61 Å². The molecule has 0 saturated heterocycles. The van der Waals surface area contributed by atoms with E-state index in [0.717, 1.165) is 43.2 Å². The standard InChI is InChI=1S/C26H28N2O6/c29-23(30)16-34-25(31)27(18-13-14-18)24-19-9-4-5-11-21(19)28(26(32)33,22-12-6-10-20(22)24)15-17-7-2-1-3-8-17/h1-5,7-9,11,18,20,22,24H,6,10,12-16H2,(H-,29,30,32,33)/p+1/t20-,22+,24-,28?/m0/s1. The molecular weight excluding hydrogens is 436 g/mol. The molecule has 0 bridgehead atoms. The Labute approximate surface area is 197 Å². The van der Waals surface area contributed by atoms with E-state index in [9.17, 15) is 19.5 Å². The summed E-state index contributed by atoms with van der Waals surface area (Å²) in [6.07, 6.45) is 2.58. The van der Waals surface area contributed by atoms with Gasteiger partial charge in [0.15, 0.2) is 6.61 Å². The van der Waals surface area contributed by atoms with E-state index in [0.29, 0.717) is 12.2 Å². The first-order valence-electron chi connectivity index (χ1n) is 11.8. The number of quaternary nitrogens is 1. The van der Waals surface area contributed by atoms with Crippen LogP contribution in [-0.4, -0.2) is 52.0 Å². The Bertz CT molecular complexity index is 1100. The average molecular weight is 466 g/mol. The van der Waals surface area contributed by atoms with Gasteiger partial charge in [-0.15, -0.1) is 0 Å². The number of carbonyl (C=O) groups excluding carboxylic acids is 1. The minimum absolute atomic E-state index is 0.0143. The van der Waals surface area contributed by atoms with Crippen LogP contribution in [0.1, 0.15) is 49.3 Å². The highest BCUT2D eigenvalue weighted by molar-refractivity contribution is 5.84. The molecule has 0 spiro atoms. The van der Waals surface area contributed by atoms with Crippen LogP contribution >= 0.6 is 0 Å². The molecule has 34 heavy (non-hydrogen) atoms. The molecule has 2 aromatic rings. The highest BCUT2D eigenvalue weighted by atomic mass is 16.6. The number of amides is 2. The summed E-state index contributed by atoms with van der Waals surface area (Å²) in [4.78, 5) is 39.0. The van der Waals surface area contributed by atoms with Crippen molar-refractivity contribution in [3.8, 4) is 0 Å². The summed E-state index contributed by atoms with van der Waals surface area (Å²) >= 11 is 0. The van der Waals surface area contributed by atoms with Crippen LogP contribution < -0.4 is 4.48 Å². The summed E-state index contributed by atoms with van der Waals surface area (Å²) < 4.78 is 4.95. The van der Waals surface area contributed by atoms with Crippen LogP contribution in [0.2, 0.25) is 0 Å². The molecule has 3 aliphatic rings. The van der Waals surface area contributed by atoms with Gasteiger partial charge < -0.3 is 14.9 Å².